The van der Waals surface area contributed by atoms with Crippen LogP contribution in [0.15, 0.2) is 5.38 Å². The summed E-state index contributed by atoms with van der Waals surface area (Å²) in [6.45, 7) is 1.51. The van der Waals surface area contributed by atoms with Gasteiger partial charge in [0.2, 0.25) is 0 Å². The summed E-state index contributed by atoms with van der Waals surface area (Å²) in [6.07, 6.45) is 0. The maximum Gasteiger partial charge on any atom is 0.188 e. The smallest absolute Gasteiger partial charge is 0.188 e. The molecule has 1 aromatic rings. The maximum atomic E-state index is 10.8. The quantitative estimate of drug-likeness (QED) is 0.620. The number of carbonyl (C=O) groups excluding carboxylic acids is 1. The van der Waals surface area contributed by atoms with Gasteiger partial charge in [-0.05, 0) is 0 Å². The Balaban J connectivity index is 2.90. The molecule has 60 valence electrons. The number of ketones is 1. The van der Waals surface area contributed by atoms with Gasteiger partial charge in [-0.2, -0.15) is 0 Å². The van der Waals surface area contributed by atoms with E-state index in [0.29, 0.717) is 5.01 Å². The van der Waals surface area contributed by atoms with E-state index < -0.39 is 0 Å². The third kappa shape index (κ3) is 2.35. The molecule has 0 fully saturated rings. The van der Waals surface area contributed by atoms with E-state index in [4.69, 9.17) is 0 Å². The monoisotopic (exact) mass is 297 g/mol. The summed E-state index contributed by atoms with van der Waals surface area (Å²) < 4.78 is 0.0411. The third-order valence-electron chi connectivity index (χ3n) is 1.05. The van der Waals surface area contributed by atoms with E-state index in [9.17, 15) is 4.79 Å². The number of hydrogen-bond acceptors (Lipinski definition) is 3. The van der Waals surface area contributed by atoms with E-state index in [-0.39, 0.29) is 9.52 Å². The van der Waals surface area contributed by atoms with Crippen molar-refractivity contribution in [1.29, 1.82) is 0 Å². The van der Waals surface area contributed by atoms with Gasteiger partial charge in [0.05, 0.1) is 5.69 Å². The highest BCUT2D eigenvalue weighted by molar-refractivity contribution is 9.24. The normalized spacial score (nSPS) is 10.5. The number of Topliss-reactive ketones (excluding diaryl/α,β-unsaturated/α-hetero) is 1. The molecule has 1 heterocycles. The van der Waals surface area contributed by atoms with Crippen molar-refractivity contribution in [1.82, 2.24) is 4.98 Å². The summed E-state index contributed by atoms with van der Waals surface area (Å²) in [4.78, 5) is 14.9. The summed E-state index contributed by atoms with van der Waals surface area (Å²) >= 11 is 7.95. The molecule has 0 amide bonds. The topological polar surface area (TPSA) is 30.0 Å². The molecule has 5 heteroatoms. The van der Waals surface area contributed by atoms with Crippen LogP contribution in [0.25, 0.3) is 0 Å². The van der Waals surface area contributed by atoms with Crippen LogP contribution in [0.3, 0.4) is 0 Å². The zero-order chi connectivity index (χ0) is 8.43. The molecule has 0 aliphatic rings. The van der Waals surface area contributed by atoms with Gasteiger partial charge in [0.25, 0.3) is 0 Å². The number of alkyl halides is 2. The molecule has 1 aromatic heterocycles. The van der Waals surface area contributed by atoms with Crippen molar-refractivity contribution < 1.29 is 4.79 Å². The van der Waals surface area contributed by atoms with E-state index in [0.717, 1.165) is 5.69 Å². The first-order valence-corrected chi connectivity index (χ1v) is 5.57. The van der Waals surface area contributed by atoms with Gasteiger partial charge in [-0.1, -0.05) is 31.9 Å². The second kappa shape index (κ2) is 3.78. The van der Waals surface area contributed by atoms with Crippen LogP contribution in [-0.4, -0.2) is 10.8 Å². The Morgan fingerprint density at radius 1 is 1.73 bits per heavy atom. The van der Waals surface area contributed by atoms with Crippen LogP contribution in [0.1, 0.15) is 26.2 Å². The Morgan fingerprint density at radius 2 is 2.36 bits per heavy atom. The molecule has 0 spiro atoms. The fraction of sp³-hybridized carbons (Fsp3) is 0.333. The van der Waals surface area contributed by atoms with Crippen LogP contribution in [0.4, 0.5) is 0 Å². The molecule has 0 saturated carbocycles. The fourth-order valence-electron chi connectivity index (χ4n) is 0.548. The van der Waals surface area contributed by atoms with E-state index in [1.807, 2.05) is 5.38 Å². The lowest BCUT2D eigenvalue weighted by atomic mass is 10.5. The largest absolute Gasteiger partial charge is 0.292 e. The van der Waals surface area contributed by atoms with E-state index in [1.165, 1.54) is 18.3 Å². The van der Waals surface area contributed by atoms with Gasteiger partial charge in [0, 0.05) is 12.3 Å². The number of halogens is 2. The fourth-order valence-corrected chi connectivity index (χ4v) is 2.11. The summed E-state index contributed by atoms with van der Waals surface area (Å²) in [6, 6.07) is 0. The second-order valence-electron chi connectivity index (χ2n) is 1.93. The van der Waals surface area contributed by atoms with Gasteiger partial charge in [0.15, 0.2) is 10.8 Å². The molecule has 0 atom stereocenters. The Kier molecular flexibility index (Phi) is 3.21. The predicted octanol–water partition coefficient (Wildman–Crippen LogP) is 3.13. The van der Waals surface area contributed by atoms with Crippen molar-refractivity contribution in [2.45, 2.75) is 10.7 Å². The molecule has 0 N–H and O–H groups in total. The average molecular weight is 299 g/mol. The summed E-state index contributed by atoms with van der Waals surface area (Å²) in [7, 11) is 0. The molecular formula is C6H5Br2NOS. The second-order valence-corrected chi connectivity index (χ2v) is 5.85. The maximum absolute atomic E-state index is 10.8. The molecular weight excluding hydrogens is 294 g/mol. The first-order chi connectivity index (χ1) is 5.11. The minimum Gasteiger partial charge on any atom is -0.292 e. The van der Waals surface area contributed by atoms with Crippen LogP contribution in [0, 0.1) is 0 Å². The van der Waals surface area contributed by atoms with Crippen LogP contribution >= 0.6 is 43.2 Å². The lowest BCUT2D eigenvalue weighted by Crippen LogP contribution is -1.90. The summed E-state index contributed by atoms with van der Waals surface area (Å²) in [5.41, 5.74) is 0.847. The van der Waals surface area contributed by atoms with Gasteiger partial charge >= 0.3 is 0 Å². The number of hydrogen-bond donors (Lipinski definition) is 0. The average Bonchev–Trinajstić information content (AvgIpc) is 2.33. The Morgan fingerprint density at radius 3 is 2.64 bits per heavy atom. The SMILES string of the molecule is CC(=O)c1nc(C(Br)Br)cs1. The van der Waals surface area contributed by atoms with Crippen LogP contribution in [-0.2, 0) is 0 Å². The molecule has 0 bridgehead atoms. The third-order valence-corrected chi connectivity index (χ3v) is 2.95. The van der Waals surface area contributed by atoms with Crippen molar-refractivity contribution >= 4 is 49.0 Å². The van der Waals surface area contributed by atoms with E-state index >= 15 is 0 Å². The molecule has 0 aliphatic carbocycles. The summed E-state index contributed by atoms with van der Waals surface area (Å²) in [5.74, 6) is 0.0156. The number of rotatable bonds is 2. The van der Waals surface area contributed by atoms with E-state index in [1.54, 1.807) is 0 Å². The molecule has 1 rings (SSSR count). The number of carbonyl (C=O) groups is 1. The number of thiazole rings is 1. The first-order valence-electron chi connectivity index (χ1n) is 2.85. The Hall–Kier alpha value is 0.260. The Bertz CT molecular complexity index is 271. The lowest BCUT2D eigenvalue weighted by Gasteiger charge is -1.91. The minimum absolute atomic E-state index is 0.0156. The van der Waals surface area contributed by atoms with Crippen LogP contribution in [0.5, 0.6) is 0 Å². The van der Waals surface area contributed by atoms with Gasteiger partial charge < -0.3 is 0 Å². The molecule has 11 heavy (non-hydrogen) atoms. The summed E-state index contributed by atoms with van der Waals surface area (Å²) in [5, 5.41) is 2.41. The zero-order valence-corrected chi connectivity index (χ0v) is 9.66. The number of aromatic nitrogens is 1. The highest BCUT2D eigenvalue weighted by Crippen LogP contribution is 2.29. The van der Waals surface area contributed by atoms with Crippen LogP contribution in [0.2, 0.25) is 0 Å². The molecule has 0 aromatic carbocycles. The van der Waals surface area contributed by atoms with E-state index in [2.05, 4.69) is 36.8 Å². The zero-order valence-electron chi connectivity index (χ0n) is 5.67. The van der Waals surface area contributed by atoms with Gasteiger partial charge in [0.1, 0.15) is 3.74 Å². The highest BCUT2D eigenvalue weighted by atomic mass is 79.9. The van der Waals surface area contributed by atoms with Crippen molar-refractivity contribution in [2.75, 3.05) is 0 Å². The Labute approximate surface area is 85.3 Å². The van der Waals surface area contributed by atoms with Crippen molar-refractivity contribution in [3.8, 4) is 0 Å². The van der Waals surface area contributed by atoms with Crippen molar-refractivity contribution in [3.63, 3.8) is 0 Å². The molecule has 0 unspecified atom stereocenters. The van der Waals surface area contributed by atoms with Crippen molar-refractivity contribution in [2.24, 2.45) is 0 Å². The minimum atomic E-state index is 0.0156. The highest BCUT2D eigenvalue weighted by Gasteiger charge is 2.09. The van der Waals surface area contributed by atoms with Crippen molar-refractivity contribution in [3.05, 3.63) is 16.1 Å². The molecule has 0 aliphatic heterocycles. The number of nitrogens with zero attached hydrogens (tertiary/aromatic N) is 1. The van der Waals surface area contributed by atoms with Gasteiger partial charge in [-0.3, -0.25) is 4.79 Å². The lowest BCUT2D eigenvalue weighted by molar-refractivity contribution is 0.101. The van der Waals surface area contributed by atoms with Gasteiger partial charge in [-0.25, -0.2) is 4.98 Å². The first kappa shape index (κ1) is 9.35. The standard InChI is InChI=1S/C6H5Br2NOS/c1-3(10)6-9-4(2-11-6)5(7)8/h2,5H,1H3. The van der Waals surface area contributed by atoms with Gasteiger partial charge in [-0.15, -0.1) is 11.3 Å². The van der Waals surface area contributed by atoms with Crippen LogP contribution < -0.4 is 0 Å². The predicted molar refractivity (Wildman–Crippen MR) is 52.7 cm³/mol. The molecule has 2 nitrogen and oxygen atoms in total. The molecule has 0 saturated heterocycles. The molecule has 0 radical (unpaired) electrons.